The zero-order chi connectivity index (χ0) is 17.1. The highest BCUT2D eigenvalue weighted by Crippen LogP contribution is 2.33. The summed E-state index contributed by atoms with van der Waals surface area (Å²) in [6.45, 7) is 6.41. The zero-order valence-electron chi connectivity index (χ0n) is 14.8. The fourth-order valence-electron chi connectivity index (χ4n) is 3.70. The third-order valence-corrected chi connectivity index (χ3v) is 5.00. The van der Waals surface area contributed by atoms with E-state index < -0.39 is 0 Å². The monoisotopic (exact) mass is 339 g/mol. The van der Waals surface area contributed by atoms with Crippen LogP contribution in [0.3, 0.4) is 0 Å². The Morgan fingerprint density at radius 3 is 3.12 bits per heavy atom. The molecule has 0 bridgehead atoms. The van der Waals surface area contributed by atoms with E-state index in [4.69, 9.17) is 9.47 Å². The third kappa shape index (κ3) is 3.47. The Kier molecular flexibility index (Phi) is 4.83. The van der Waals surface area contributed by atoms with Crippen LogP contribution in [0, 0.1) is 5.92 Å². The maximum Gasteiger partial charge on any atom is 0.135 e. The molecule has 2 aromatic rings. The SMILES string of the molecule is CCCOCC1CCN(c2ncnc3c2Cc2ccccc2OC3)C1. The highest BCUT2D eigenvalue weighted by molar-refractivity contribution is 5.54. The van der Waals surface area contributed by atoms with Crippen LogP contribution < -0.4 is 9.64 Å². The molecule has 5 heteroatoms. The molecule has 2 aliphatic heterocycles. The number of aromatic nitrogens is 2. The standard InChI is InChI=1S/C20H25N3O2/c1-2-9-24-12-15-7-8-23(11-15)20-17-10-16-5-3-4-6-19(16)25-13-18(17)21-14-22-20/h3-6,14-15H,2,7-13H2,1H3. The van der Waals surface area contributed by atoms with Crippen LogP contribution in [-0.2, 0) is 17.8 Å². The summed E-state index contributed by atoms with van der Waals surface area (Å²) in [5.74, 6) is 2.62. The summed E-state index contributed by atoms with van der Waals surface area (Å²) < 4.78 is 11.7. The smallest absolute Gasteiger partial charge is 0.135 e. The topological polar surface area (TPSA) is 47.5 Å². The van der Waals surface area contributed by atoms with E-state index in [1.165, 1.54) is 11.1 Å². The number of para-hydroxylation sites is 1. The molecule has 1 saturated heterocycles. The van der Waals surface area contributed by atoms with Gasteiger partial charge < -0.3 is 14.4 Å². The van der Waals surface area contributed by atoms with Gasteiger partial charge in [0.25, 0.3) is 0 Å². The Balaban J connectivity index is 1.55. The highest BCUT2D eigenvalue weighted by Gasteiger charge is 2.28. The molecule has 25 heavy (non-hydrogen) atoms. The van der Waals surface area contributed by atoms with E-state index in [1.807, 2.05) is 12.1 Å². The fraction of sp³-hybridized carbons (Fsp3) is 0.500. The van der Waals surface area contributed by atoms with Gasteiger partial charge in [0.2, 0.25) is 0 Å². The van der Waals surface area contributed by atoms with Crippen LogP contribution in [0.2, 0.25) is 0 Å². The van der Waals surface area contributed by atoms with Gasteiger partial charge in [0, 0.05) is 37.6 Å². The zero-order valence-corrected chi connectivity index (χ0v) is 14.8. The second-order valence-corrected chi connectivity index (χ2v) is 6.87. The molecule has 0 saturated carbocycles. The molecular formula is C20H25N3O2. The first-order valence-electron chi connectivity index (χ1n) is 9.21. The van der Waals surface area contributed by atoms with Gasteiger partial charge in [-0.25, -0.2) is 9.97 Å². The minimum atomic E-state index is 0.513. The lowest BCUT2D eigenvalue weighted by atomic mass is 10.0. The van der Waals surface area contributed by atoms with Gasteiger partial charge in [0.05, 0.1) is 12.3 Å². The molecule has 5 nitrogen and oxygen atoms in total. The summed E-state index contributed by atoms with van der Waals surface area (Å²) in [6, 6.07) is 8.24. The molecule has 0 radical (unpaired) electrons. The van der Waals surface area contributed by atoms with Gasteiger partial charge in [-0.3, -0.25) is 0 Å². The van der Waals surface area contributed by atoms with Crippen LogP contribution in [0.15, 0.2) is 30.6 Å². The van der Waals surface area contributed by atoms with Crippen molar-refractivity contribution in [3.05, 3.63) is 47.4 Å². The quantitative estimate of drug-likeness (QED) is 0.783. The van der Waals surface area contributed by atoms with Gasteiger partial charge in [-0.05, 0) is 24.5 Å². The number of anilines is 1. The van der Waals surface area contributed by atoms with Crippen LogP contribution in [0.1, 0.15) is 36.6 Å². The van der Waals surface area contributed by atoms with Gasteiger partial charge >= 0.3 is 0 Å². The molecule has 0 spiro atoms. The van der Waals surface area contributed by atoms with Crippen LogP contribution in [0.4, 0.5) is 5.82 Å². The maximum atomic E-state index is 5.95. The molecule has 1 atom stereocenters. The number of fused-ring (bicyclic) bond motifs is 2. The summed E-state index contributed by atoms with van der Waals surface area (Å²) in [5.41, 5.74) is 3.42. The normalized spacial score (nSPS) is 19.1. The van der Waals surface area contributed by atoms with Crippen LogP contribution in [0.25, 0.3) is 0 Å². The van der Waals surface area contributed by atoms with Gasteiger partial charge in [-0.1, -0.05) is 25.1 Å². The van der Waals surface area contributed by atoms with E-state index in [9.17, 15) is 0 Å². The van der Waals surface area contributed by atoms with Crippen molar-refractivity contribution in [1.29, 1.82) is 0 Å². The molecule has 1 aromatic heterocycles. The first kappa shape index (κ1) is 16.3. The number of benzene rings is 1. The summed E-state index contributed by atoms with van der Waals surface area (Å²) in [4.78, 5) is 11.5. The first-order valence-corrected chi connectivity index (χ1v) is 9.21. The lowest BCUT2D eigenvalue weighted by Crippen LogP contribution is -2.24. The average molecular weight is 339 g/mol. The van der Waals surface area contributed by atoms with Crippen molar-refractivity contribution in [3.8, 4) is 5.75 Å². The Bertz CT molecular complexity index is 735. The number of rotatable bonds is 5. The van der Waals surface area contributed by atoms with Gasteiger partial charge in [0.1, 0.15) is 24.5 Å². The van der Waals surface area contributed by atoms with E-state index >= 15 is 0 Å². The summed E-state index contributed by atoms with van der Waals surface area (Å²) in [6.07, 6.45) is 4.74. The van der Waals surface area contributed by atoms with Crippen molar-refractivity contribution in [2.75, 3.05) is 31.2 Å². The maximum absolute atomic E-state index is 5.95. The first-order chi connectivity index (χ1) is 12.3. The fourth-order valence-corrected chi connectivity index (χ4v) is 3.70. The second kappa shape index (κ2) is 7.40. The minimum Gasteiger partial charge on any atom is -0.487 e. The molecule has 0 N–H and O–H groups in total. The summed E-state index contributed by atoms with van der Waals surface area (Å²) >= 11 is 0. The minimum absolute atomic E-state index is 0.513. The third-order valence-electron chi connectivity index (χ3n) is 5.00. The molecule has 1 aromatic carbocycles. The predicted octanol–water partition coefficient (Wildman–Crippen LogP) is 3.21. The van der Waals surface area contributed by atoms with Crippen LogP contribution in [-0.4, -0.2) is 36.3 Å². The summed E-state index contributed by atoms with van der Waals surface area (Å²) in [7, 11) is 0. The summed E-state index contributed by atoms with van der Waals surface area (Å²) in [5, 5.41) is 0. The Labute approximate surface area is 149 Å². The Morgan fingerprint density at radius 2 is 2.20 bits per heavy atom. The van der Waals surface area contributed by atoms with E-state index in [0.29, 0.717) is 12.5 Å². The number of nitrogens with zero attached hydrogens (tertiary/aromatic N) is 3. The molecule has 3 heterocycles. The number of ether oxygens (including phenoxy) is 2. The number of hydrogen-bond acceptors (Lipinski definition) is 5. The van der Waals surface area contributed by atoms with E-state index in [2.05, 4.69) is 33.9 Å². The van der Waals surface area contributed by atoms with Crippen molar-refractivity contribution >= 4 is 5.82 Å². The lowest BCUT2D eigenvalue weighted by molar-refractivity contribution is 0.106. The van der Waals surface area contributed by atoms with Crippen molar-refractivity contribution in [1.82, 2.24) is 9.97 Å². The van der Waals surface area contributed by atoms with Crippen molar-refractivity contribution in [2.45, 2.75) is 32.8 Å². The Morgan fingerprint density at radius 1 is 1.28 bits per heavy atom. The number of hydrogen-bond donors (Lipinski definition) is 0. The lowest BCUT2D eigenvalue weighted by Gasteiger charge is -2.21. The van der Waals surface area contributed by atoms with Crippen molar-refractivity contribution in [3.63, 3.8) is 0 Å². The van der Waals surface area contributed by atoms with Crippen molar-refractivity contribution < 1.29 is 9.47 Å². The molecule has 0 amide bonds. The molecule has 2 aliphatic rings. The largest absolute Gasteiger partial charge is 0.487 e. The Hall–Kier alpha value is -2.14. The van der Waals surface area contributed by atoms with Crippen LogP contribution in [0.5, 0.6) is 5.75 Å². The van der Waals surface area contributed by atoms with E-state index in [1.54, 1.807) is 6.33 Å². The van der Waals surface area contributed by atoms with Gasteiger partial charge in [0.15, 0.2) is 0 Å². The molecule has 4 rings (SSSR count). The van der Waals surface area contributed by atoms with Crippen LogP contribution >= 0.6 is 0 Å². The molecule has 1 unspecified atom stereocenters. The molecular weight excluding hydrogens is 314 g/mol. The highest BCUT2D eigenvalue weighted by atomic mass is 16.5. The van der Waals surface area contributed by atoms with Crippen molar-refractivity contribution in [2.24, 2.45) is 5.92 Å². The average Bonchev–Trinajstić information content (AvgIpc) is 3.02. The molecule has 1 fully saturated rings. The predicted molar refractivity (Wildman–Crippen MR) is 97.0 cm³/mol. The molecule has 132 valence electrons. The van der Waals surface area contributed by atoms with E-state index in [-0.39, 0.29) is 0 Å². The van der Waals surface area contributed by atoms with E-state index in [0.717, 1.165) is 62.8 Å². The molecule has 0 aliphatic carbocycles. The second-order valence-electron chi connectivity index (χ2n) is 6.87. The van der Waals surface area contributed by atoms with Gasteiger partial charge in [-0.2, -0.15) is 0 Å². The van der Waals surface area contributed by atoms with Gasteiger partial charge in [-0.15, -0.1) is 0 Å².